The van der Waals surface area contributed by atoms with Crippen molar-refractivity contribution in [2.45, 2.75) is 47.1 Å². The van der Waals surface area contributed by atoms with Crippen molar-refractivity contribution in [3.8, 4) is 5.95 Å². The van der Waals surface area contributed by atoms with E-state index in [9.17, 15) is 0 Å². The Morgan fingerprint density at radius 3 is 2.45 bits per heavy atom. The van der Waals surface area contributed by atoms with Crippen LogP contribution < -0.4 is 5.32 Å². The van der Waals surface area contributed by atoms with Gasteiger partial charge >= 0.3 is 0 Å². The molecular weight excluding hydrogens is 250 g/mol. The minimum absolute atomic E-state index is 0.287. The molecule has 108 valence electrons. The number of aromatic nitrogens is 4. The second-order valence-electron chi connectivity index (χ2n) is 5.22. The summed E-state index contributed by atoms with van der Waals surface area (Å²) in [6.45, 7) is 11.3. The van der Waals surface area contributed by atoms with E-state index in [1.807, 2.05) is 30.8 Å². The number of rotatable bonds is 5. The maximum Gasteiger partial charge on any atom is 0.251 e. The van der Waals surface area contributed by atoms with E-state index in [0.717, 1.165) is 30.0 Å². The average molecular weight is 273 g/mol. The Morgan fingerprint density at radius 2 is 1.85 bits per heavy atom. The van der Waals surface area contributed by atoms with Crippen LogP contribution in [0, 0.1) is 20.8 Å². The molecule has 2 rings (SSSR count). The third-order valence-corrected chi connectivity index (χ3v) is 3.37. The molecule has 0 radical (unpaired) electrons. The lowest BCUT2D eigenvalue weighted by molar-refractivity contribution is 0.567. The summed E-state index contributed by atoms with van der Waals surface area (Å²) < 4.78 is 1.82. The molecule has 2 aromatic rings. The summed E-state index contributed by atoms with van der Waals surface area (Å²) in [4.78, 5) is 8.94. The number of hydrogen-bond donors (Lipinski definition) is 1. The van der Waals surface area contributed by atoms with Gasteiger partial charge in [-0.2, -0.15) is 5.10 Å². The third kappa shape index (κ3) is 3.04. The highest BCUT2D eigenvalue weighted by Crippen LogP contribution is 2.18. The van der Waals surface area contributed by atoms with Crippen molar-refractivity contribution in [3.05, 3.63) is 34.9 Å². The van der Waals surface area contributed by atoms with Gasteiger partial charge in [0.15, 0.2) is 0 Å². The van der Waals surface area contributed by atoms with E-state index in [-0.39, 0.29) is 6.04 Å². The normalized spacial score (nSPS) is 12.7. The highest BCUT2D eigenvalue weighted by Gasteiger charge is 2.15. The average Bonchev–Trinajstić information content (AvgIpc) is 2.76. The molecule has 0 amide bonds. The molecule has 0 saturated carbocycles. The fraction of sp³-hybridized carbons (Fsp3) is 0.533. The SMILES string of the molecule is CCCNC(C)c1cnn(-c2nc(C)cc(C)n2)c1C. The summed E-state index contributed by atoms with van der Waals surface area (Å²) in [6.07, 6.45) is 3.03. The second kappa shape index (κ2) is 6.13. The van der Waals surface area contributed by atoms with Crippen molar-refractivity contribution in [3.63, 3.8) is 0 Å². The summed E-state index contributed by atoms with van der Waals surface area (Å²) in [6, 6.07) is 2.25. The zero-order valence-electron chi connectivity index (χ0n) is 12.9. The van der Waals surface area contributed by atoms with Gasteiger partial charge in [-0.1, -0.05) is 6.92 Å². The van der Waals surface area contributed by atoms with Crippen LogP contribution in [-0.4, -0.2) is 26.3 Å². The minimum Gasteiger partial charge on any atom is -0.310 e. The molecule has 0 fully saturated rings. The molecular formula is C15H23N5. The lowest BCUT2D eigenvalue weighted by Gasteiger charge is -2.13. The van der Waals surface area contributed by atoms with Crippen molar-refractivity contribution >= 4 is 0 Å². The topological polar surface area (TPSA) is 55.6 Å². The zero-order chi connectivity index (χ0) is 14.7. The molecule has 1 unspecified atom stereocenters. The molecule has 0 aliphatic rings. The van der Waals surface area contributed by atoms with Gasteiger partial charge in [0.2, 0.25) is 0 Å². The Balaban J connectivity index is 2.32. The van der Waals surface area contributed by atoms with E-state index in [0.29, 0.717) is 5.95 Å². The van der Waals surface area contributed by atoms with Gasteiger partial charge in [-0.3, -0.25) is 0 Å². The smallest absolute Gasteiger partial charge is 0.251 e. The summed E-state index contributed by atoms with van der Waals surface area (Å²) in [7, 11) is 0. The van der Waals surface area contributed by atoms with Gasteiger partial charge in [0.1, 0.15) is 0 Å². The molecule has 20 heavy (non-hydrogen) atoms. The fourth-order valence-corrected chi connectivity index (χ4v) is 2.32. The summed E-state index contributed by atoms with van der Waals surface area (Å²) in [5.41, 5.74) is 4.20. The molecule has 0 aliphatic heterocycles. The van der Waals surface area contributed by atoms with Gasteiger partial charge in [0.25, 0.3) is 5.95 Å². The molecule has 1 atom stereocenters. The highest BCUT2D eigenvalue weighted by molar-refractivity contribution is 5.27. The first kappa shape index (κ1) is 14.7. The van der Waals surface area contributed by atoms with Crippen molar-refractivity contribution in [2.24, 2.45) is 0 Å². The predicted octanol–water partition coefficient (Wildman–Crippen LogP) is 2.65. The summed E-state index contributed by atoms with van der Waals surface area (Å²) >= 11 is 0. The standard InChI is InChI=1S/C15H23N5/c1-6-7-16-12(4)14-9-17-20(13(14)5)15-18-10(2)8-11(3)19-15/h8-9,12,16H,6-7H2,1-5H3. The number of hydrogen-bond acceptors (Lipinski definition) is 4. The number of aryl methyl sites for hydroxylation is 2. The van der Waals surface area contributed by atoms with Crippen molar-refractivity contribution in [1.82, 2.24) is 25.1 Å². The second-order valence-corrected chi connectivity index (χ2v) is 5.22. The Hall–Kier alpha value is -1.75. The van der Waals surface area contributed by atoms with Gasteiger partial charge in [-0.25, -0.2) is 14.6 Å². The van der Waals surface area contributed by atoms with Gasteiger partial charge in [0, 0.05) is 28.7 Å². The van der Waals surface area contributed by atoms with Gasteiger partial charge in [0.05, 0.1) is 6.20 Å². The van der Waals surface area contributed by atoms with Crippen LogP contribution in [0.4, 0.5) is 0 Å². The minimum atomic E-state index is 0.287. The van der Waals surface area contributed by atoms with E-state index >= 15 is 0 Å². The van der Waals surface area contributed by atoms with Crippen molar-refractivity contribution in [2.75, 3.05) is 6.54 Å². The van der Waals surface area contributed by atoms with E-state index < -0.39 is 0 Å². The van der Waals surface area contributed by atoms with Gasteiger partial charge in [-0.05, 0) is 46.7 Å². The predicted molar refractivity (Wildman–Crippen MR) is 80.1 cm³/mol. The monoisotopic (exact) mass is 273 g/mol. The van der Waals surface area contributed by atoms with E-state index in [1.54, 1.807) is 0 Å². The Labute approximate surface area is 120 Å². The maximum atomic E-state index is 4.47. The highest BCUT2D eigenvalue weighted by atomic mass is 15.3. The number of nitrogens with one attached hydrogen (secondary N) is 1. The van der Waals surface area contributed by atoms with Crippen LogP contribution in [0.25, 0.3) is 5.95 Å². The van der Waals surface area contributed by atoms with Crippen LogP contribution in [0.1, 0.15) is 49.0 Å². The molecule has 5 heteroatoms. The van der Waals surface area contributed by atoms with Crippen molar-refractivity contribution < 1.29 is 0 Å². The largest absolute Gasteiger partial charge is 0.310 e. The first-order chi connectivity index (χ1) is 9.52. The van der Waals surface area contributed by atoms with E-state index in [2.05, 4.69) is 41.2 Å². The van der Waals surface area contributed by atoms with Crippen LogP contribution in [0.5, 0.6) is 0 Å². The molecule has 0 saturated heterocycles. The first-order valence-corrected chi connectivity index (χ1v) is 7.13. The van der Waals surface area contributed by atoms with Crippen molar-refractivity contribution in [1.29, 1.82) is 0 Å². The first-order valence-electron chi connectivity index (χ1n) is 7.13. The van der Waals surface area contributed by atoms with Gasteiger partial charge < -0.3 is 5.32 Å². The van der Waals surface area contributed by atoms with Crippen LogP contribution in [0.15, 0.2) is 12.3 Å². The van der Waals surface area contributed by atoms with Crippen LogP contribution in [0.2, 0.25) is 0 Å². The van der Waals surface area contributed by atoms with E-state index in [1.165, 1.54) is 5.56 Å². The molecule has 0 aromatic carbocycles. The Morgan fingerprint density at radius 1 is 1.20 bits per heavy atom. The molecule has 2 aromatic heterocycles. The molecule has 2 heterocycles. The molecule has 1 N–H and O–H groups in total. The van der Waals surface area contributed by atoms with Crippen LogP contribution >= 0.6 is 0 Å². The van der Waals surface area contributed by atoms with Crippen LogP contribution in [0.3, 0.4) is 0 Å². The van der Waals surface area contributed by atoms with E-state index in [4.69, 9.17) is 0 Å². The summed E-state index contributed by atoms with van der Waals surface area (Å²) in [5.74, 6) is 0.647. The molecule has 0 spiro atoms. The lowest BCUT2D eigenvalue weighted by Crippen LogP contribution is -2.19. The fourth-order valence-electron chi connectivity index (χ4n) is 2.32. The molecule has 5 nitrogen and oxygen atoms in total. The Bertz CT molecular complexity index is 568. The quantitative estimate of drug-likeness (QED) is 0.910. The maximum absolute atomic E-state index is 4.47. The zero-order valence-corrected chi connectivity index (χ0v) is 12.9. The lowest BCUT2D eigenvalue weighted by atomic mass is 10.1. The Kier molecular flexibility index (Phi) is 4.49. The van der Waals surface area contributed by atoms with Gasteiger partial charge in [-0.15, -0.1) is 0 Å². The molecule has 0 aliphatic carbocycles. The summed E-state index contributed by atoms with van der Waals surface area (Å²) in [5, 5.41) is 7.93. The number of nitrogens with zero attached hydrogens (tertiary/aromatic N) is 4. The van der Waals surface area contributed by atoms with Crippen LogP contribution in [-0.2, 0) is 0 Å². The third-order valence-electron chi connectivity index (χ3n) is 3.37. The molecule has 0 bridgehead atoms.